The average Bonchev–Trinajstić information content (AvgIpc) is 2.65. The Bertz CT molecular complexity index is 467. The Morgan fingerprint density at radius 1 is 0.960 bits per heavy atom. The second-order valence-electron chi connectivity index (χ2n) is 6.62. The van der Waals surface area contributed by atoms with Crippen LogP contribution >= 0.6 is 0 Å². The molecule has 1 aromatic carbocycles. The summed E-state index contributed by atoms with van der Waals surface area (Å²) in [5, 5.41) is 2.78. The molecule has 25 heavy (non-hydrogen) atoms. The molecule has 0 bridgehead atoms. The molecule has 1 rings (SSSR count). The van der Waals surface area contributed by atoms with Crippen LogP contribution in [0.5, 0.6) is 0 Å². The maximum absolute atomic E-state index is 11.7. The average molecular weight is 346 g/mol. The summed E-state index contributed by atoms with van der Waals surface area (Å²) in [6.45, 7) is 6.98. The van der Waals surface area contributed by atoms with E-state index in [4.69, 9.17) is 4.74 Å². The lowest BCUT2D eigenvalue weighted by atomic mass is 10.1. The summed E-state index contributed by atoms with van der Waals surface area (Å²) >= 11 is 0. The number of ether oxygens (including phenoxy) is 1. The van der Waals surface area contributed by atoms with Gasteiger partial charge in [-0.2, -0.15) is 0 Å². The normalized spacial score (nSPS) is 10.4. The third-order valence-corrected chi connectivity index (χ3v) is 4.38. The van der Waals surface area contributed by atoms with E-state index in [9.17, 15) is 4.79 Å². The molecule has 0 atom stereocenters. The lowest BCUT2D eigenvalue weighted by Crippen LogP contribution is -2.24. The Hall–Kier alpha value is -1.77. The molecular weight excluding hydrogens is 310 g/mol. The Morgan fingerprint density at radius 2 is 1.52 bits per heavy atom. The van der Waals surface area contributed by atoms with Crippen LogP contribution in [-0.2, 0) is 11.3 Å². The van der Waals surface area contributed by atoms with Gasteiger partial charge in [-0.25, -0.2) is 4.79 Å². The Kier molecular flexibility index (Phi) is 12.4. The number of nitrogens with one attached hydrogen (secondary N) is 1. The van der Waals surface area contributed by atoms with Crippen molar-refractivity contribution >= 4 is 12.2 Å². The SMILES string of the molecule is C=Cc1ccc(CNC(=O)OCCCCCCCCCCCC)cc1. The molecule has 3 heteroatoms. The van der Waals surface area contributed by atoms with Crippen molar-refractivity contribution in [2.45, 2.75) is 77.7 Å². The van der Waals surface area contributed by atoms with Crippen molar-refractivity contribution in [2.24, 2.45) is 0 Å². The van der Waals surface area contributed by atoms with E-state index >= 15 is 0 Å². The number of hydrogen-bond donors (Lipinski definition) is 1. The molecule has 1 amide bonds. The number of carbonyl (C=O) groups excluding carboxylic acids is 1. The van der Waals surface area contributed by atoms with Crippen LogP contribution in [0.25, 0.3) is 6.08 Å². The maximum Gasteiger partial charge on any atom is 0.407 e. The zero-order valence-electron chi connectivity index (χ0n) is 15.9. The molecule has 0 aliphatic heterocycles. The fraction of sp³-hybridized carbons (Fsp3) is 0.591. The number of hydrogen-bond acceptors (Lipinski definition) is 2. The van der Waals surface area contributed by atoms with Gasteiger partial charge in [0.05, 0.1) is 6.61 Å². The summed E-state index contributed by atoms with van der Waals surface area (Å²) in [4.78, 5) is 11.7. The van der Waals surface area contributed by atoms with Gasteiger partial charge in [0, 0.05) is 6.54 Å². The largest absolute Gasteiger partial charge is 0.450 e. The minimum absolute atomic E-state index is 0.330. The molecule has 0 heterocycles. The van der Waals surface area contributed by atoms with Crippen LogP contribution in [0.4, 0.5) is 4.79 Å². The monoisotopic (exact) mass is 345 g/mol. The molecule has 0 aliphatic carbocycles. The number of carbonyl (C=O) groups is 1. The van der Waals surface area contributed by atoms with E-state index in [1.54, 1.807) is 6.08 Å². The van der Waals surface area contributed by atoms with Crippen molar-refractivity contribution in [3.05, 3.63) is 42.0 Å². The highest BCUT2D eigenvalue weighted by Gasteiger charge is 2.02. The van der Waals surface area contributed by atoms with Crippen LogP contribution < -0.4 is 5.32 Å². The minimum atomic E-state index is -0.330. The van der Waals surface area contributed by atoms with Gasteiger partial charge in [-0.15, -0.1) is 0 Å². The second kappa shape index (κ2) is 14.6. The summed E-state index contributed by atoms with van der Waals surface area (Å²) < 4.78 is 5.21. The first kappa shape index (κ1) is 21.3. The molecule has 140 valence electrons. The Labute approximate surface area is 153 Å². The summed E-state index contributed by atoms with van der Waals surface area (Å²) in [5.41, 5.74) is 2.13. The van der Waals surface area contributed by atoms with Gasteiger partial charge in [0.15, 0.2) is 0 Å². The Balaban J connectivity index is 1.92. The second-order valence-corrected chi connectivity index (χ2v) is 6.62. The summed E-state index contributed by atoms with van der Waals surface area (Å²) in [6.07, 6.45) is 14.3. The first-order chi connectivity index (χ1) is 12.3. The van der Waals surface area contributed by atoms with E-state index in [1.807, 2.05) is 24.3 Å². The van der Waals surface area contributed by atoms with Gasteiger partial charge < -0.3 is 10.1 Å². The molecule has 0 aliphatic rings. The molecule has 0 fully saturated rings. The number of unbranched alkanes of at least 4 members (excludes halogenated alkanes) is 9. The molecule has 1 N–H and O–H groups in total. The van der Waals surface area contributed by atoms with Crippen molar-refractivity contribution in [3.8, 4) is 0 Å². The van der Waals surface area contributed by atoms with E-state index in [1.165, 1.54) is 51.4 Å². The van der Waals surface area contributed by atoms with Crippen molar-refractivity contribution < 1.29 is 9.53 Å². The highest BCUT2D eigenvalue weighted by molar-refractivity contribution is 5.67. The van der Waals surface area contributed by atoms with Gasteiger partial charge in [0.1, 0.15) is 0 Å². The topological polar surface area (TPSA) is 38.3 Å². The molecule has 1 aromatic rings. The first-order valence-electron chi connectivity index (χ1n) is 9.88. The van der Waals surface area contributed by atoms with Gasteiger partial charge in [0.25, 0.3) is 0 Å². The number of amides is 1. The molecule has 0 saturated heterocycles. The van der Waals surface area contributed by atoms with Crippen molar-refractivity contribution in [2.75, 3.05) is 6.61 Å². The Morgan fingerprint density at radius 3 is 2.08 bits per heavy atom. The number of rotatable bonds is 14. The van der Waals surface area contributed by atoms with Crippen LogP contribution in [0.3, 0.4) is 0 Å². The smallest absolute Gasteiger partial charge is 0.407 e. The number of alkyl carbamates (subject to hydrolysis) is 1. The van der Waals surface area contributed by atoms with E-state index < -0.39 is 0 Å². The predicted molar refractivity (Wildman–Crippen MR) is 107 cm³/mol. The van der Waals surface area contributed by atoms with Crippen molar-refractivity contribution in [1.29, 1.82) is 0 Å². The lowest BCUT2D eigenvalue weighted by molar-refractivity contribution is 0.143. The van der Waals surface area contributed by atoms with E-state index in [0.29, 0.717) is 13.2 Å². The molecular formula is C22H35NO2. The molecule has 0 unspecified atom stereocenters. The molecule has 0 radical (unpaired) electrons. The maximum atomic E-state index is 11.7. The third-order valence-electron chi connectivity index (χ3n) is 4.38. The van der Waals surface area contributed by atoms with Crippen LogP contribution in [0.15, 0.2) is 30.8 Å². The van der Waals surface area contributed by atoms with Gasteiger partial charge in [-0.3, -0.25) is 0 Å². The summed E-state index contributed by atoms with van der Waals surface area (Å²) in [6, 6.07) is 7.94. The van der Waals surface area contributed by atoms with E-state index in [0.717, 1.165) is 24.0 Å². The molecule has 0 saturated carbocycles. The fourth-order valence-corrected chi connectivity index (χ4v) is 2.75. The van der Waals surface area contributed by atoms with Crippen LogP contribution in [0.2, 0.25) is 0 Å². The first-order valence-corrected chi connectivity index (χ1v) is 9.88. The van der Waals surface area contributed by atoms with Crippen molar-refractivity contribution in [1.82, 2.24) is 5.32 Å². The van der Waals surface area contributed by atoms with E-state index in [-0.39, 0.29) is 6.09 Å². The van der Waals surface area contributed by atoms with Gasteiger partial charge >= 0.3 is 6.09 Å². The lowest BCUT2D eigenvalue weighted by Gasteiger charge is -2.07. The van der Waals surface area contributed by atoms with E-state index in [2.05, 4.69) is 18.8 Å². The molecule has 0 aromatic heterocycles. The van der Waals surface area contributed by atoms with Crippen LogP contribution in [0.1, 0.15) is 82.3 Å². The van der Waals surface area contributed by atoms with Gasteiger partial charge in [-0.05, 0) is 17.5 Å². The highest BCUT2D eigenvalue weighted by Crippen LogP contribution is 2.10. The zero-order chi connectivity index (χ0) is 18.2. The summed E-state index contributed by atoms with van der Waals surface area (Å²) in [5.74, 6) is 0. The van der Waals surface area contributed by atoms with Gasteiger partial charge in [0.2, 0.25) is 0 Å². The molecule has 3 nitrogen and oxygen atoms in total. The standard InChI is InChI=1S/C22H35NO2/c1-3-5-6-7-8-9-10-11-12-13-18-25-22(24)23-19-21-16-14-20(4-2)15-17-21/h4,14-17H,2-3,5-13,18-19H2,1H3,(H,23,24). The summed E-state index contributed by atoms with van der Waals surface area (Å²) in [7, 11) is 0. The number of benzene rings is 1. The van der Waals surface area contributed by atoms with Crippen LogP contribution in [0, 0.1) is 0 Å². The zero-order valence-corrected chi connectivity index (χ0v) is 15.9. The van der Waals surface area contributed by atoms with Crippen LogP contribution in [-0.4, -0.2) is 12.7 Å². The third kappa shape index (κ3) is 11.4. The fourth-order valence-electron chi connectivity index (χ4n) is 2.75. The quantitative estimate of drug-likeness (QED) is 0.392. The van der Waals surface area contributed by atoms with Gasteiger partial charge in [-0.1, -0.05) is 102 Å². The predicted octanol–water partition coefficient (Wildman–Crippen LogP) is 6.48. The molecule has 0 spiro atoms. The van der Waals surface area contributed by atoms with Crippen molar-refractivity contribution in [3.63, 3.8) is 0 Å². The minimum Gasteiger partial charge on any atom is -0.450 e. The highest BCUT2D eigenvalue weighted by atomic mass is 16.5.